The van der Waals surface area contributed by atoms with Crippen molar-refractivity contribution in [2.24, 2.45) is 0 Å². The van der Waals surface area contributed by atoms with Crippen LogP contribution in [0.4, 0.5) is 13.2 Å². The van der Waals surface area contributed by atoms with E-state index in [9.17, 15) is 13.2 Å². The van der Waals surface area contributed by atoms with Gasteiger partial charge in [0.05, 0.1) is 11.3 Å². The predicted octanol–water partition coefficient (Wildman–Crippen LogP) is 3.00. The highest BCUT2D eigenvalue weighted by Crippen LogP contribution is 2.35. The number of aromatic nitrogens is 4. The molecule has 0 bridgehead atoms. The maximum Gasteiger partial charge on any atom is 0.418 e. The van der Waals surface area contributed by atoms with Crippen molar-refractivity contribution >= 4 is 23.8 Å². The number of alkyl halides is 3. The molecule has 0 amide bonds. The van der Waals surface area contributed by atoms with Gasteiger partial charge in [0.1, 0.15) is 0 Å². The molecular weight excluding hydrogens is 277 g/mol. The van der Waals surface area contributed by atoms with Crippen LogP contribution in [0.25, 0.3) is 5.69 Å². The van der Waals surface area contributed by atoms with Crippen molar-refractivity contribution in [2.75, 3.05) is 0 Å². The topological polar surface area (TPSA) is 46.5 Å². The molecule has 0 spiro atoms. The second kappa shape index (κ2) is 4.11. The van der Waals surface area contributed by atoms with Crippen molar-refractivity contribution in [1.29, 1.82) is 0 Å². The number of halogens is 4. The zero-order chi connectivity index (χ0) is 12.6. The Labute approximate surface area is 103 Å². The number of tetrazole rings is 1. The lowest BCUT2D eigenvalue weighted by Crippen LogP contribution is -2.11. The molecule has 17 heavy (non-hydrogen) atoms. The Morgan fingerprint density at radius 3 is 2.59 bits per heavy atom. The average Bonchev–Trinajstić information content (AvgIpc) is 2.63. The molecule has 4 nitrogen and oxygen atoms in total. The third-order valence-corrected chi connectivity index (χ3v) is 2.48. The zero-order valence-electron chi connectivity index (χ0n) is 7.99. The molecule has 0 unspecified atom stereocenters. The fraction of sp³-hybridized carbons (Fsp3) is 0.125. The standard InChI is InChI=1S/C8H4ClF3N4S/c9-4-1-2-6(5(3-4)8(10,11)12)16-7(17)13-14-15-16/h1-3H,(H,13,15,17). The van der Waals surface area contributed by atoms with E-state index in [1.165, 1.54) is 12.1 Å². The highest BCUT2D eigenvalue weighted by molar-refractivity contribution is 7.71. The van der Waals surface area contributed by atoms with Crippen LogP contribution in [-0.4, -0.2) is 20.2 Å². The highest BCUT2D eigenvalue weighted by Gasteiger charge is 2.34. The second-order valence-corrected chi connectivity index (χ2v) is 3.88. The first-order valence-corrected chi connectivity index (χ1v) is 5.05. The van der Waals surface area contributed by atoms with Crippen LogP contribution in [0.15, 0.2) is 18.2 Å². The molecule has 9 heteroatoms. The molecular formula is C8H4ClF3N4S. The van der Waals surface area contributed by atoms with E-state index in [4.69, 9.17) is 23.8 Å². The van der Waals surface area contributed by atoms with Gasteiger partial charge in [0.25, 0.3) is 0 Å². The van der Waals surface area contributed by atoms with E-state index in [2.05, 4.69) is 15.5 Å². The van der Waals surface area contributed by atoms with Crippen LogP contribution in [-0.2, 0) is 6.18 Å². The fourth-order valence-electron chi connectivity index (χ4n) is 1.28. The number of benzene rings is 1. The van der Waals surface area contributed by atoms with Gasteiger partial charge in [-0.05, 0) is 30.4 Å². The third kappa shape index (κ3) is 2.32. The van der Waals surface area contributed by atoms with Crippen LogP contribution in [0.3, 0.4) is 0 Å². The lowest BCUT2D eigenvalue weighted by Gasteiger charge is -2.12. The minimum atomic E-state index is -4.54. The van der Waals surface area contributed by atoms with Gasteiger partial charge < -0.3 is 0 Å². The summed E-state index contributed by atoms with van der Waals surface area (Å²) in [5, 5.41) is 8.99. The van der Waals surface area contributed by atoms with Crippen LogP contribution < -0.4 is 0 Å². The van der Waals surface area contributed by atoms with Gasteiger partial charge in [-0.1, -0.05) is 21.9 Å². The summed E-state index contributed by atoms with van der Waals surface area (Å²) >= 11 is 10.3. The number of rotatable bonds is 1. The summed E-state index contributed by atoms with van der Waals surface area (Å²) in [6, 6.07) is 3.34. The van der Waals surface area contributed by atoms with Crippen LogP contribution in [0.5, 0.6) is 0 Å². The van der Waals surface area contributed by atoms with Crippen LogP contribution in [0, 0.1) is 4.77 Å². The molecule has 0 fully saturated rings. The summed E-state index contributed by atoms with van der Waals surface area (Å²) in [7, 11) is 0. The summed E-state index contributed by atoms with van der Waals surface area (Å²) in [4.78, 5) is 0. The van der Waals surface area contributed by atoms with Crippen molar-refractivity contribution in [1.82, 2.24) is 20.2 Å². The SMILES string of the molecule is FC(F)(F)c1cc(Cl)ccc1-n1[nH]nnc1=S. The normalized spacial score (nSPS) is 11.8. The largest absolute Gasteiger partial charge is 0.418 e. The predicted molar refractivity (Wildman–Crippen MR) is 56.6 cm³/mol. The van der Waals surface area contributed by atoms with Gasteiger partial charge in [-0.2, -0.15) is 18.4 Å². The van der Waals surface area contributed by atoms with Gasteiger partial charge in [0, 0.05) is 5.02 Å². The highest BCUT2D eigenvalue weighted by atomic mass is 35.5. The Kier molecular flexibility index (Phi) is 2.92. The van der Waals surface area contributed by atoms with Crippen molar-refractivity contribution < 1.29 is 13.2 Å². The molecule has 1 aromatic carbocycles. The van der Waals surface area contributed by atoms with Crippen molar-refractivity contribution in [3.63, 3.8) is 0 Å². The van der Waals surface area contributed by atoms with Gasteiger partial charge in [-0.15, -0.1) is 0 Å². The molecule has 0 saturated heterocycles. The number of nitrogens with one attached hydrogen (secondary N) is 1. The Hall–Kier alpha value is -1.41. The molecule has 0 saturated carbocycles. The first-order chi connectivity index (χ1) is 7.89. The quantitative estimate of drug-likeness (QED) is 0.817. The second-order valence-electron chi connectivity index (χ2n) is 3.08. The van der Waals surface area contributed by atoms with E-state index in [1.807, 2.05) is 0 Å². The number of H-pyrrole nitrogens is 1. The van der Waals surface area contributed by atoms with Crippen LogP contribution in [0.2, 0.25) is 5.02 Å². The van der Waals surface area contributed by atoms with Crippen LogP contribution in [0.1, 0.15) is 5.56 Å². The van der Waals surface area contributed by atoms with E-state index < -0.39 is 11.7 Å². The van der Waals surface area contributed by atoms with E-state index in [0.29, 0.717) is 0 Å². The minimum Gasteiger partial charge on any atom is -0.209 e. The van der Waals surface area contributed by atoms with E-state index in [-0.39, 0.29) is 15.5 Å². The Balaban J connectivity index is 2.71. The van der Waals surface area contributed by atoms with E-state index >= 15 is 0 Å². The minimum absolute atomic E-state index is 0.0138. The maximum atomic E-state index is 12.8. The van der Waals surface area contributed by atoms with Gasteiger partial charge in [-0.25, -0.2) is 4.68 Å². The third-order valence-electron chi connectivity index (χ3n) is 1.98. The Bertz CT molecular complexity index is 603. The first kappa shape index (κ1) is 12.1. The molecule has 1 N–H and O–H groups in total. The molecule has 0 aliphatic rings. The molecule has 90 valence electrons. The van der Waals surface area contributed by atoms with Crippen LogP contribution >= 0.6 is 23.8 Å². The molecule has 0 aliphatic heterocycles. The summed E-state index contributed by atoms with van der Waals surface area (Å²) in [5.74, 6) is 0. The Morgan fingerprint density at radius 2 is 2.06 bits per heavy atom. The number of nitrogens with zero attached hydrogens (tertiary/aromatic N) is 3. The smallest absolute Gasteiger partial charge is 0.209 e. The van der Waals surface area contributed by atoms with Crippen molar-refractivity contribution in [3.05, 3.63) is 33.6 Å². The molecule has 0 atom stereocenters. The zero-order valence-corrected chi connectivity index (χ0v) is 9.57. The fourth-order valence-corrected chi connectivity index (χ4v) is 1.64. The number of hydrogen-bond acceptors (Lipinski definition) is 3. The Morgan fingerprint density at radius 1 is 1.35 bits per heavy atom. The van der Waals surface area contributed by atoms with Gasteiger partial charge in [-0.3, -0.25) is 0 Å². The monoisotopic (exact) mass is 280 g/mol. The maximum absolute atomic E-state index is 12.8. The molecule has 1 aromatic heterocycles. The number of hydrogen-bond donors (Lipinski definition) is 1. The molecule has 1 heterocycles. The van der Waals surface area contributed by atoms with Crippen molar-refractivity contribution in [3.8, 4) is 5.69 Å². The average molecular weight is 281 g/mol. The van der Waals surface area contributed by atoms with Gasteiger partial charge in [0.15, 0.2) is 0 Å². The number of aromatic amines is 1. The molecule has 0 aliphatic carbocycles. The van der Waals surface area contributed by atoms with E-state index in [0.717, 1.165) is 10.7 Å². The van der Waals surface area contributed by atoms with Gasteiger partial charge >= 0.3 is 6.18 Å². The summed E-state index contributed by atoms with van der Waals surface area (Å²) in [5.41, 5.74) is -1.11. The molecule has 2 rings (SSSR count). The summed E-state index contributed by atoms with van der Waals surface area (Å²) in [6.07, 6.45) is -4.54. The molecule has 0 radical (unpaired) electrons. The molecule has 2 aromatic rings. The lowest BCUT2D eigenvalue weighted by atomic mass is 10.1. The first-order valence-electron chi connectivity index (χ1n) is 4.27. The van der Waals surface area contributed by atoms with Gasteiger partial charge in [0.2, 0.25) is 4.77 Å². The summed E-state index contributed by atoms with van der Waals surface area (Å²) < 4.78 is 39.2. The van der Waals surface area contributed by atoms with E-state index in [1.54, 1.807) is 0 Å². The lowest BCUT2D eigenvalue weighted by molar-refractivity contribution is -0.137. The van der Waals surface area contributed by atoms with Crippen molar-refractivity contribution in [2.45, 2.75) is 6.18 Å². The summed E-state index contributed by atoms with van der Waals surface area (Å²) in [6.45, 7) is 0.